The molecule has 0 radical (unpaired) electrons. The molecule has 0 bridgehead atoms. The molecule has 4 rings (SSSR count). The Morgan fingerprint density at radius 2 is 1.62 bits per heavy atom. The van der Waals surface area contributed by atoms with Crippen molar-refractivity contribution in [2.24, 2.45) is 0 Å². The van der Waals surface area contributed by atoms with E-state index in [0.29, 0.717) is 45.9 Å². The molecule has 5 nitrogen and oxygen atoms in total. The maximum atomic E-state index is 13.2. The Balaban J connectivity index is 1.38. The highest BCUT2D eigenvalue weighted by Crippen LogP contribution is 2.33. The fraction of sp³-hybridized carbons (Fsp3) is 0.381. The molecule has 0 N–H and O–H groups in total. The third-order valence-corrected chi connectivity index (χ3v) is 5.14. The molecule has 2 aliphatic rings. The topological polar surface area (TPSA) is 42.0 Å². The van der Waals surface area contributed by atoms with Crippen molar-refractivity contribution in [3.63, 3.8) is 0 Å². The van der Waals surface area contributed by atoms with Crippen LogP contribution in [0, 0.1) is 0 Å². The molecule has 1 amide bonds. The summed E-state index contributed by atoms with van der Waals surface area (Å²) < 4.78 is 50.7. The van der Waals surface area contributed by atoms with Crippen molar-refractivity contribution in [1.82, 2.24) is 9.80 Å². The fourth-order valence-electron chi connectivity index (χ4n) is 3.64. The first kappa shape index (κ1) is 19.6. The van der Waals surface area contributed by atoms with Gasteiger partial charge in [-0.05, 0) is 29.8 Å². The van der Waals surface area contributed by atoms with Gasteiger partial charge in [0.2, 0.25) is 0 Å². The Bertz CT molecular complexity index is 893. The summed E-state index contributed by atoms with van der Waals surface area (Å²) in [6.45, 7) is 3.70. The highest BCUT2D eigenvalue weighted by atomic mass is 19.4. The molecule has 0 aliphatic carbocycles. The summed E-state index contributed by atoms with van der Waals surface area (Å²) in [5.74, 6) is 0.891. The van der Waals surface area contributed by atoms with E-state index >= 15 is 0 Å². The first-order chi connectivity index (χ1) is 13.9. The number of hydrogen-bond acceptors (Lipinski definition) is 4. The predicted octanol–water partition coefficient (Wildman–Crippen LogP) is 3.43. The maximum absolute atomic E-state index is 13.2. The number of benzene rings is 2. The van der Waals surface area contributed by atoms with Gasteiger partial charge in [-0.15, -0.1) is 0 Å². The van der Waals surface area contributed by atoms with Gasteiger partial charge in [-0.3, -0.25) is 9.69 Å². The largest absolute Gasteiger partial charge is 0.486 e. The lowest BCUT2D eigenvalue weighted by Crippen LogP contribution is -2.48. The van der Waals surface area contributed by atoms with Crippen molar-refractivity contribution in [1.29, 1.82) is 0 Å². The van der Waals surface area contributed by atoms with Crippen LogP contribution in [0.15, 0.2) is 42.5 Å². The van der Waals surface area contributed by atoms with Crippen molar-refractivity contribution in [3.8, 4) is 11.5 Å². The van der Waals surface area contributed by atoms with Gasteiger partial charge >= 0.3 is 6.18 Å². The predicted molar refractivity (Wildman–Crippen MR) is 100 cm³/mol. The molecule has 29 heavy (non-hydrogen) atoms. The molecular weight excluding hydrogens is 385 g/mol. The van der Waals surface area contributed by atoms with Crippen LogP contribution in [0.3, 0.4) is 0 Å². The Morgan fingerprint density at radius 3 is 2.34 bits per heavy atom. The first-order valence-electron chi connectivity index (χ1n) is 9.48. The van der Waals surface area contributed by atoms with Gasteiger partial charge in [0.05, 0.1) is 11.1 Å². The zero-order valence-corrected chi connectivity index (χ0v) is 15.7. The third-order valence-electron chi connectivity index (χ3n) is 5.14. The summed E-state index contributed by atoms with van der Waals surface area (Å²) in [4.78, 5) is 16.3. The van der Waals surface area contributed by atoms with E-state index in [1.165, 1.54) is 23.1 Å². The van der Waals surface area contributed by atoms with Crippen molar-refractivity contribution in [3.05, 3.63) is 59.2 Å². The molecule has 1 saturated heterocycles. The Morgan fingerprint density at radius 1 is 0.931 bits per heavy atom. The quantitative estimate of drug-likeness (QED) is 0.783. The van der Waals surface area contributed by atoms with Crippen molar-refractivity contribution < 1.29 is 27.4 Å². The Hall–Kier alpha value is -2.74. The Kier molecular flexibility index (Phi) is 5.36. The highest BCUT2D eigenvalue weighted by Gasteiger charge is 2.36. The summed E-state index contributed by atoms with van der Waals surface area (Å²) in [5, 5.41) is 0. The van der Waals surface area contributed by atoms with E-state index in [9.17, 15) is 18.0 Å². The lowest BCUT2D eigenvalue weighted by molar-refractivity contribution is -0.138. The number of carbonyl (C=O) groups is 1. The summed E-state index contributed by atoms with van der Waals surface area (Å²) in [7, 11) is 0. The minimum Gasteiger partial charge on any atom is -0.486 e. The molecule has 2 aromatic carbocycles. The van der Waals surface area contributed by atoms with E-state index in [0.717, 1.165) is 23.1 Å². The molecule has 0 aromatic heterocycles. The van der Waals surface area contributed by atoms with Crippen molar-refractivity contribution in [2.75, 3.05) is 39.4 Å². The number of nitrogens with zero attached hydrogens (tertiary/aromatic N) is 2. The van der Waals surface area contributed by atoms with Crippen LogP contribution in [0.2, 0.25) is 0 Å². The normalized spacial score (nSPS) is 17.3. The van der Waals surface area contributed by atoms with Gasteiger partial charge in [-0.1, -0.05) is 18.2 Å². The lowest BCUT2D eigenvalue weighted by atomic mass is 10.1. The van der Waals surface area contributed by atoms with Crippen LogP contribution in [-0.2, 0) is 12.7 Å². The van der Waals surface area contributed by atoms with Gasteiger partial charge in [0.25, 0.3) is 5.91 Å². The summed E-state index contributed by atoms with van der Waals surface area (Å²) in [6.07, 6.45) is -4.55. The summed E-state index contributed by atoms with van der Waals surface area (Å²) in [5.41, 5.74) is -0.111. The number of fused-ring (bicyclic) bond motifs is 1. The maximum Gasteiger partial charge on any atom is 0.417 e. The molecule has 0 unspecified atom stereocenters. The van der Waals surface area contributed by atoms with Crippen LogP contribution in [0.25, 0.3) is 0 Å². The van der Waals surface area contributed by atoms with E-state index in [1.807, 2.05) is 18.2 Å². The van der Waals surface area contributed by atoms with E-state index in [1.54, 1.807) is 0 Å². The monoisotopic (exact) mass is 406 g/mol. The van der Waals surface area contributed by atoms with Gasteiger partial charge in [-0.2, -0.15) is 13.2 Å². The third kappa shape index (κ3) is 4.32. The molecule has 0 saturated carbocycles. The minimum atomic E-state index is -4.55. The molecule has 2 aromatic rings. The van der Waals surface area contributed by atoms with Crippen LogP contribution in [0.4, 0.5) is 13.2 Å². The first-order valence-corrected chi connectivity index (χ1v) is 9.48. The molecule has 2 heterocycles. The number of hydrogen-bond donors (Lipinski definition) is 0. The summed E-state index contributed by atoms with van der Waals surface area (Å²) in [6, 6.07) is 10.8. The number of alkyl halides is 3. The second-order valence-corrected chi connectivity index (χ2v) is 7.09. The van der Waals surface area contributed by atoms with E-state index in [2.05, 4.69) is 4.90 Å². The molecule has 2 aliphatic heterocycles. The van der Waals surface area contributed by atoms with Gasteiger partial charge in [-0.25, -0.2) is 0 Å². The molecule has 0 spiro atoms. The average Bonchev–Trinajstić information content (AvgIpc) is 2.73. The van der Waals surface area contributed by atoms with Crippen LogP contribution >= 0.6 is 0 Å². The molecule has 8 heteroatoms. The smallest absolute Gasteiger partial charge is 0.417 e. The van der Waals surface area contributed by atoms with Crippen molar-refractivity contribution >= 4 is 5.91 Å². The minimum absolute atomic E-state index is 0.291. The average molecular weight is 406 g/mol. The second-order valence-electron chi connectivity index (χ2n) is 7.09. The highest BCUT2D eigenvalue weighted by molar-refractivity contribution is 5.96. The van der Waals surface area contributed by atoms with Crippen LogP contribution in [0.5, 0.6) is 11.5 Å². The molecular formula is C21H21F3N2O3. The number of halogens is 3. The van der Waals surface area contributed by atoms with Crippen LogP contribution in [-0.4, -0.2) is 55.1 Å². The number of rotatable bonds is 3. The molecule has 1 fully saturated rings. The standard InChI is InChI=1S/C21H21F3N2O3/c22-21(23,24)17-4-2-1-3-16(17)20(27)26-9-7-25(8-10-26)14-15-5-6-18-19(13-15)29-12-11-28-18/h1-6,13H,7-12,14H2. The zero-order valence-electron chi connectivity index (χ0n) is 15.7. The number of ether oxygens (including phenoxy) is 2. The number of amides is 1. The van der Waals surface area contributed by atoms with E-state index in [4.69, 9.17) is 9.47 Å². The van der Waals surface area contributed by atoms with Gasteiger partial charge in [0.15, 0.2) is 11.5 Å². The van der Waals surface area contributed by atoms with Crippen molar-refractivity contribution in [2.45, 2.75) is 12.7 Å². The van der Waals surface area contributed by atoms with Gasteiger partial charge < -0.3 is 14.4 Å². The number of carbonyl (C=O) groups excluding carboxylic acids is 1. The fourth-order valence-corrected chi connectivity index (χ4v) is 3.64. The Labute approximate surface area is 166 Å². The van der Waals surface area contributed by atoms with Gasteiger partial charge in [0.1, 0.15) is 13.2 Å². The van der Waals surface area contributed by atoms with Crippen LogP contribution < -0.4 is 9.47 Å². The lowest BCUT2D eigenvalue weighted by Gasteiger charge is -2.35. The SMILES string of the molecule is O=C(c1ccccc1C(F)(F)F)N1CCN(Cc2ccc3c(c2)OCCO3)CC1. The van der Waals surface area contributed by atoms with E-state index in [-0.39, 0.29) is 5.56 Å². The molecule has 0 atom stereocenters. The second kappa shape index (κ2) is 7.94. The van der Waals surface area contributed by atoms with E-state index < -0.39 is 17.6 Å². The van der Waals surface area contributed by atoms with Gasteiger partial charge in [0, 0.05) is 32.7 Å². The molecule has 154 valence electrons. The number of piperazine rings is 1. The summed E-state index contributed by atoms with van der Waals surface area (Å²) >= 11 is 0. The van der Waals surface area contributed by atoms with Crippen LogP contribution in [0.1, 0.15) is 21.5 Å². The zero-order chi connectivity index (χ0) is 20.4.